The minimum Gasteiger partial charge on any atom is -0.384 e. The molecule has 0 aromatic carbocycles. The molecule has 2 aromatic heterocycles. The zero-order valence-electron chi connectivity index (χ0n) is 18.3. The van der Waals surface area contributed by atoms with Gasteiger partial charge in [0.15, 0.2) is 0 Å². The molecule has 2 unspecified atom stereocenters. The van der Waals surface area contributed by atoms with Crippen LogP contribution in [0.3, 0.4) is 0 Å². The Kier molecular flexibility index (Phi) is 6.95. The SMILES string of the molecule is COCCSN1CCC(Nc2ncc3cc(C)c(=O)n(C4CCCC4C)c3n2)CC1. The fraction of sp³-hybridized carbons (Fsp3) is 0.682. The monoisotopic (exact) mass is 431 g/mol. The predicted molar refractivity (Wildman–Crippen MR) is 123 cm³/mol. The molecule has 1 aliphatic heterocycles. The topological polar surface area (TPSA) is 72.3 Å². The molecule has 0 radical (unpaired) electrons. The minimum atomic E-state index is 0.0901. The third-order valence-electron chi connectivity index (χ3n) is 6.45. The van der Waals surface area contributed by atoms with Crippen LogP contribution in [0.5, 0.6) is 0 Å². The maximum absolute atomic E-state index is 13.0. The average molecular weight is 432 g/mol. The third kappa shape index (κ3) is 4.65. The highest BCUT2D eigenvalue weighted by Gasteiger charge is 2.28. The van der Waals surface area contributed by atoms with Gasteiger partial charge in [-0.15, -0.1) is 0 Å². The zero-order valence-corrected chi connectivity index (χ0v) is 19.1. The van der Waals surface area contributed by atoms with Crippen molar-refractivity contribution in [3.05, 3.63) is 28.2 Å². The molecular weight excluding hydrogens is 398 g/mol. The number of ether oxygens (including phenoxy) is 1. The molecule has 0 amide bonds. The number of pyridine rings is 1. The van der Waals surface area contributed by atoms with Crippen molar-refractivity contribution in [2.45, 2.75) is 58.0 Å². The van der Waals surface area contributed by atoms with Crippen LogP contribution in [0.1, 0.15) is 50.6 Å². The third-order valence-corrected chi connectivity index (χ3v) is 7.53. The molecule has 3 heterocycles. The van der Waals surface area contributed by atoms with E-state index in [2.05, 4.69) is 21.5 Å². The van der Waals surface area contributed by atoms with E-state index in [0.717, 1.165) is 61.3 Å². The Hall–Kier alpha value is -1.64. The van der Waals surface area contributed by atoms with E-state index in [1.165, 1.54) is 12.8 Å². The van der Waals surface area contributed by atoms with Gasteiger partial charge < -0.3 is 10.1 Å². The van der Waals surface area contributed by atoms with Crippen LogP contribution in [0.15, 0.2) is 17.1 Å². The second kappa shape index (κ2) is 9.66. The number of piperidine rings is 1. The van der Waals surface area contributed by atoms with E-state index in [-0.39, 0.29) is 11.6 Å². The molecule has 2 fully saturated rings. The Bertz CT molecular complexity index is 926. The standard InChI is InChI=1S/C22H33N5O2S/c1-15-5-4-6-19(15)27-20-17(13-16(2)21(27)28)14-23-22(25-20)24-18-7-9-26(10-8-18)30-12-11-29-3/h13-15,18-19H,4-12H2,1-3H3,(H,23,24,25). The van der Waals surface area contributed by atoms with Gasteiger partial charge in [0.25, 0.3) is 5.56 Å². The molecule has 1 N–H and O–H groups in total. The van der Waals surface area contributed by atoms with Crippen LogP contribution >= 0.6 is 11.9 Å². The van der Waals surface area contributed by atoms with Crippen molar-refractivity contribution in [1.82, 2.24) is 18.8 Å². The van der Waals surface area contributed by atoms with Crippen molar-refractivity contribution >= 4 is 28.9 Å². The molecule has 8 heteroatoms. The van der Waals surface area contributed by atoms with Crippen molar-refractivity contribution < 1.29 is 4.74 Å². The van der Waals surface area contributed by atoms with Crippen LogP contribution in [0.2, 0.25) is 0 Å². The summed E-state index contributed by atoms with van der Waals surface area (Å²) in [5.41, 5.74) is 1.63. The van der Waals surface area contributed by atoms with Crippen molar-refractivity contribution in [1.29, 1.82) is 0 Å². The summed E-state index contributed by atoms with van der Waals surface area (Å²) in [5, 5.41) is 4.47. The number of hydrogen-bond donors (Lipinski definition) is 1. The first-order chi connectivity index (χ1) is 14.6. The first kappa shape index (κ1) is 21.6. The Labute approximate surface area is 182 Å². The minimum absolute atomic E-state index is 0.0901. The van der Waals surface area contributed by atoms with Gasteiger partial charge in [-0.05, 0) is 44.6 Å². The number of fused-ring (bicyclic) bond motifs is 1. The summed E-state index contributed by atoms with van der Waals surface area (Å²) in [5.74, 6) is 2.13. The van der Waals surface area contributed by atoms with E-state index >= 15 is 0 Å². The lowest BCUT2D eigenvalue weighted by molar-refractivity contribution is 0.217. The van der Waals surface area contributed by atoms with Gasteiger partial charge in [0.2, 0.25) is 5.95 Å². The number of methoxy groups -OCH3 is 1. The summed E-state index contributed by atoms with van der Waals surface area (Å²) in [4.78, 5) is 22.4. The van der Waals surface area contributed by atoms with Gasteiger partial charge in [-0.25, -0.2) is 4.98 Å². The van der Waals surface area contributed by atoms with Gasteiger partial charge in [0.05, 0.1) is 6.61 Å². The van der Waals surface area contributed by atoms with Crippen LogP contribution in [-0.4, -0.2) is 57.4 Å². The highest BCUT2D eigenvalue weighted by molar-refractivity contribution is 7.97. The van der Waals surface area contributed by atoms with Crippen LogP contribution < -0.4 is 10.9 Å². The van der Waals surface area contributed by atoms with Crippen molar-refractivity contribution in [2.24, 2.45) is 5.92 Å². The van der Waals surface area contributed by atoms with Gasteiger partial charge in [-0.1, -0.05) is 25.3 Å². The fourth-order valence-electron chi connectivity index (χ4n) is 4.71. The van der Waals surface area contributed by atoms with Crippen LogP contribution in [-0.2, 0) is 4.74 Å². The summed E-state index contributed by atoms with van der Waals surface area (Å²) in [6.07, 6.45) is 7.37. The highest BCUT2D eigenvalue weighted by Crippen LogP contribution is 2.36. The van der Waals surface area contributed by atoms with Crippen LogP contribution in [0, 0.1) is 12.8 Å². The molecule has 0 bridgehead atoms. The van der Waals surface area contributed by atoms with E-state index in [4.69, 9.17) is 9.72 Å². The van der Waals surface area contributed by atoms with E-state index in [1.54, 1.807) is 7.11 Å². The maximum atomic E-state index is 13.0. The predicted octanol–water partition coefficient (Wildman–Crippen LogP) is 3.63. The largest absolute Gasteiger partial charge is 0.384 e. The number of rotatable bonds is 7. The summed E-state index contributed by atoms with van der Waals surface area (Å²) in [6.45, 7) is 7.01. The van der Waals surface area contributed by atoms with Crippen molar-refractivity contribution in [3.8, 4) is 0 Å². The summed E-state index contributed by atoms with van der Waals surface area (Å²) < 4.78 is 9.50. The smallest absolute Gasteiger partial charge is 0.255 e. The second-order valence-electron chi connectivity index (χ2n) is 8.62. The van der Waals surface area contributed by atoms with Gasteiger partial charge in [0, 0.05) is 55.2 Å². The molecule has 1 saturated heterocycles. The lowest BCUT2D eigenvalue weighted by Crippen LogP contribution is -2.36. The van der Waals surface area contributed by atoms with Gasteiger partial charge in [-0.3, -0.25) is 13.7 Å². The normalized spacial score (nSPS) is 23.3. The first-order valence-corrected chi connectivity index (χ1v) is 12.0. The van der Waals surface area contributed by atoms with Crippen molar-refractivity contribution in [2.75, 3.05) is 37.9 Å². The molecule has 1 saturated carbocycles. The van der Waals surface area contributed by atoms with E-state index in [9.17, 15) is 4.79 Å². The Morgan fingerprint density at radius 1 is 1.27 bits per heavy atom. The molecule has 4 rings (SSSR count). The van der Waals surface area contributed by atoms with E-state index in [1.807, 2.05) is 35.7 Å². The summed E-state index contributed by atoms with van der Waals surface area (Å²) in [6, 6.07) is 2.51. The molecule has 30 heavy (non-hydrogen) atoms. The molecule has 1 aliphatic carbocycles. The second-order valence-corrected chi connectivity index (χ2v) is 9.81. The quantitative estimate of drug-likeness (QED) is 0.530. The summed E-state index contributed by atoms with van der Waals surface area (Å²) in [7, 11) is 1.74. The average Bonchev–Trinajstić information content (AvgIpc) is 3.16. The fourth-order valence-corrected chi connectivity index (χ4v) is 5.67. The zero-order chi connectivity index (χ0) is 21.1. The first-order valence-electron chi connectivity index (χ1n) is 11.1. The number of aromatic nitrogens is 3. The lowest BCUT2D eigenvalue weighted by Gasteiger charge is -2.31. The molecule has 0 spiro atoms. The Morgan fingerprint density at radius 2 is 2.07 bits per heavy atom. The van der Waals surface area contributed by atoms with E-state index < -0.39 is 0 Å². The van der Waals surface area contributed by atoms with Gasteiger partial charge >= 0.3 is 0 Å². The summed E-state index contributed by atoms with van der Waals surface area (Å²) >= 11 is 1.86. The Morgan fingerprint density at radius 3 is 2.77 bits per heavy atom. The van der Waals surface area contributed by atoms with Crippen LogP contribution in [0.25, 0.3) is 11.0 Å². The number of nitrogens with one attached hydrogen (secondary N) is 1. The molecule has 7 nitrogen and oxygen atoms in total. The highest BCUT2D eigenvalue weighted by atomic mass is 32.2. The molecule has 2 aromatic rings. The molecule has 2 atom stereocenters. The number of aryl methyl sites for hydroxylation is 1. The number of nitrogens with zero attached hydrogens (tertiary/aromatic N) is 4. The Balaban J connectivity index is 1.51. The van der Waals surface area contributed by atoms with Gasteiger partial charge in [0.1, 0.15) is 5.65 Å². The molecular formula is C22H33N5O2S. The van der Waals surface area contributed by atoms with Crippen LogP contribution in [0.4, 0.5) is 5.95 Å². The van der Waals surface area contributed by atoms with Crippen molar-refractivity contribution in [3.63, 3.8) is 0 Å². The van der Waals surface area contributed by atoms with Gasteiger partial charge in [-0.2, -0.15) is 4.98 Å². The number of hydrogen-bond acceptors (Lipinski definition) is 7. The molecule has 2 aliphatic rings. The van der Waals surface area contributed by atoms with E-state index in [0.29, 0.717) is 17.9 Å². The lowest BCUT2D eigenvalue weighted by atomic mass is 10.1. The number of anilines is 1. The maximum Gasteiger partial charge on any atom is 0.255 e. The molecule has 164 valence electrons.